The molecule has 0 heterocycles. The Morgan fingerprint density at radius 1 is 1.23 bits per heavy atom. The Labute approximate surface area is 163 Å². The molecule has 0 aliphatic carbocycles. The molecule has 0 saturated heterocycles. The second-order valence-electron chi connectivity index (χ2n) is 7.04. The molecule has 1 aromatic rings. The molecule has 1 amide bonds. The lowest BCUT2D eigenvalue weighted by molar-refractivity contribution is -0.149. The smallest absolute Gasteiger partial charge is 0.407 e. The van der Waals surface area contributed by atoms with E-state index in [2.05, 4.69) is 21.2 Å². The van der Waals surface area contributed by atoms with Crippen molar-refractivity contribution in [3.63, 3.8) is 0 Å². The molecular weight excluding hydrogens is 402 g/mol. The zero-order valence-corrected chi connectivity index (χ0v) is 17.3. The summed E-state index contributed by atoms with van der Waals surface area (Å²) >= 11 is 3.39. The van der Waals surface area contributed by atoms with E-state index >= 15 is 0 Å². The summed E-state index contributed by atoms with van der Waals surface area (Å²) < 4.78 is 11.3. The van der Waals surface area contributed by atoms with Crippen LogP contribution in [0.25, 0.3) is 0 Å². The van der Waals surface area contributed by atoms with E-state index in [9.17, 15) is 14.7 Å². The summed E-state index contributed by atoms with van der Waals surface area (Å²) in [6.45, 7) is 6.96. The van der Waals surface area contributed by atoms with Crippen LogP contribution in [-0.4, -0.2) is 42.0 Å². The summed E-state index contributed by atoms with van der Waals surface area (Å²) in [6.07, 6.45) is 0.202. The van der Waals surface area contributed by atoms with Crippen molar-refractivity contribution in [1.82, 2.24) is 5.32 Å². The fraction of sp³-hybridized carbons (Fsp3) is 0.579. The van der Waals surface area contributed by atoms with Crippen LogP contribution < -0.4 is 5.32 Å². The maximum Gasteiger partial charge on any atom is 0.407 e. The molecule has 1 aromatic carbocycles. The average molecular weight is 430 g/mol. The van der Waals surface area contributed by atoms with Gasteiger partial charge in [0.15, 0.2) is 0 Å². The number of aliphatic hydroxyl groups is 1. The third-order valence-electron chi connectivity index (χ3n) is 3.53. The molecule has 2 N–H and O–H groups in total. The number of benzene rings is 1. The van der Waals surface area contributed by atoms with E-state index in [0.29, 0.717) is 6.42 Å². The molecule has 0 radical (unpaired) electrons. The number of esters is 1. The standard InChI is InChI=1S/C19H28BrNO5/c1-5-25-17(23)14(12-22)11-16(21-18(24)26-19(2,3)4)10-13-6-8-15(20)9-7-13/h6-9,14,16,22H,5,10-12H2,1-4H3,(H,21,24). The summed E-state index contributed by atoms with van der Waals surface area (Å²) in [5, 5.41) is 12.4. The molecule has 0 bridgehead atoms. The number of alkyl carbamates (subject to hydrolysis) is 1. The number of carbonyl (C=O) groups excluding carboxylic acids is 2. The topological polar surface area (TPSA) is 84.9 Å². The van der Waals surface area contributed by atoms with Gasteiger partial charge in [-0.3, -0.25) is 4.79 Å². The molecule has 0 aliphatic heterocycles. The lowest BCUT2D eigenvalue weighted by Gasteiger charge is -2.25. The summed E-state index contributed by atoms with van der Waals surface area (Å²) in [6, 6.07) is 7.31. The number of rotatable bonds is 8. The van der Waals surface area contributed by atoms with Crippen molar-refractivity contribution >= 4 is 28.0 Å². The van der Waals surface area contributed by atoms with Crippen molar-refractivity contribution in [2.75, 3.05) is 13.2 Å². The van der Waals surface area contributed by atoms with Crippen LogP contribution in [0.3, 0.4) is 0 Å². The van der Waals surface area contributed by atoms with Crippen LogP contribution >= 0.6 is 15.9 Å². The molecule has 0 spiro atoms. The highest BCUT2D eigenvalue weighted by atomic mass is 79.9. The van der Waals surface area contributed by atoms with Crippen LogP contribution in [-0.2, 0) is 20.7 Å². The number of aliphatic hydroxyl groups excluding tert-OH is 1. The fourth-order valence-electron chi connectivity index (χ4n) is 2.42. The minimum absolute atomic E-state index is 0.242. The van der Waals surface area contributed by atoms with Gasteiger partial charge in [-0.15, -0.1) is 0 Å². The zero-order valence-electron chi connectivity index (χ0n) is 15.8. The molecule has 6 nitrogen and oxygen atoms in total. The highest BCUT2D eigenvalue weighted by Gasteiger charge is 2.26. The average Bonchev–Trinajstić information content (AvgIpc) is 2.52. The normalized spacial score (nSPS) is 13.6. The highest BCUT2D eigenvalue weighted by Crippen LogP contribution is 2.17. The number of halogens is 1. The monoisotopic (exact) mass is 429 g/mol. The molecule has 0 fully saturated rings. The number of hydrogen-bond acceptors (Lipinski definition) is 5. The van der Waals surface area contributed by atoms with Gasteiger partial charge < -0.3 is 19.9 Å². The number of amides is 1. The van der Waals surface area contributed by atoms with Gasteiger partial charge in [-0.25, -0.2) is 4.79 Å². The molecule has 2 atom stereocenters. The van der Waals surface area contributed by atoms with Crippen LogP contribution in [0.5, 0.6) is 0 Å². The van der Waals surface area contributed by atoms with Crippen molar-refractivity contribution in [2.45, 2.75) is 52.2 Å². The predicted molar refractivity (Wildman–Crippen MR) is 103 cm³/mol. The number of nitrogens with one attached hydrogen (secondary N) is 1. The highest BCUT2D eigenvalue weighted by molar-refractivity contribution is 9.10. The Balaban J connectivity index is 2.87. The van der Waals surface area contributed by atoms with Gasteiger partial charge >= 0.3 is 12.1 Å². The zero-order chi connectivity index (χ0) is 19.7. The van der Waals surface area contributed by atoms with Crippen molar-refractivity contribution in [1.29, 1.82) is 0 Å². The first-order valence-electron chi connectivity index (χ1n) is 8.66. The Morgan fingerprint density at radius 2 is 1.85 bits per heavy atom. The van der Waals surface area contributed by atoms with E-state index in [1.54, 1.807) is 27.7 Å². The second kappa shape index (κ2) is 10.5. The first-order valence-corrected chi connectivity index (χ1v) is 9.45. The molecule has 1 rings (SSSR count). The van der Waals surface area contributed by atoms with Gasteiger partial charge in [0.2, 0.25) is 0 Å². The predicted octanol–water partition coefficient (Wildman–Crippen LogP) is 3.45. The van der Waals surface area contributed by atoms with E-state index in [-0.39, 0.29) is 25.7 Å². The molecule has 26 heavy (non-hydrogen) atoms. The van der Waals surface area contributed by atoms with E-state index < -0.39 is 23.6 Å². The van der Waals surface area contributed by atoms with Gasteiger partial charge in [-0.1, -0.05) is 28.1 Å². The molecular formula is C19H28BrNO5. The molecule has 146 valence electrons. The Bertz CT molecular complexity index is 583. The third kappa shape index (κ3) is 8.67. The Hall–Kier alpha value is -1.60. The van der Waals surface area contributed by atoms with Crippen LogP contribution in [0.15, 0.2) is 28.7 Å². The third-order valence-corrected chi connectivity index (χ3v) is 4.05. The lowest BCUT2D eigenvalue weighted by Crippen LogP contribution is -2.42. The maximum atomic E-state index is 12.2. The van der Waals surface area contributed by atoms with Crippen molar-refractivity contribution in [3.05, 3.63) is 34.3 Å². The molecule has 0 aliphatic rings. The largest absolute Gasteiger partial charge is 0.466 e. The summed E-state index contributed by atoms with van der Waals surface area (Å²) in [5.41, 5.74) is 0.374. The SMILES string of the molecule is CCOC(=O)C(CO)CC(Cc1ccc(Br)cc1)NC(=O)OC(C)(C)C. The molecule has 0 aromatic heterocycles. The summed E-state index contributed by atoms with van der Waals surface area (Å²) in [4.78, 5) is 24.1. The van der Waals surface area contributed by atoms with Gasteiger partial charge in [-0.05, 0) is 58.2 Å². The number of ether oxygens (including phenoxy) is 2. The Kier molecular flexibility index (Phi) is 9.08. The number of hydrogen-bond donors (Lipinski definition) is 2. The van der Waals surface area contributed by atoms with E-state index in [4.69, 9.17) is 9.47 Å². The van der Waals surface area contributed by atoms with E-state index in [0.717, 1.165) is 10.0 Å². The van der Waals surface area contributed by atoms with Crippen LogP contribution in [0.1, 0.15) is 39.7 Å². The van der Waals surface area contributed by atoms with Gasteiger partial charge in [0, 0.05) is 10.5 Å². The molecule has 2 unspecified atom stereocenters. The van der Waals surface area contributed by atoms with Crippen molar-refractivity contribution < 1.29 is 24.2 Å². The van der Waals surface area contributed by atoms with Crippen LogP contribution in [0.4, 0.5) is 4.79 Å². The first-order chi connectivity index (χ1) is 12.1. The summed E-state index contributed by atoms with van der Waals surface area (Å²) in [5.74, 6) is -1.17. The van der Waals surface area contributed by atoms with Crippen molar-refractivity contribution in [2.24, 2.45) is 5.92 Å². The molecule has 7 heteroatoms. The van der Waals surface area contributed by atoms with E-state index in [1.807, 2.05) is 24.3 Å². The number of carbonyl (C=O) groups is 2. The Morgan fingerprint density at radius 3 is 2.35 bits per heavy atom. The van der Waals surface area contributed by atoms with Crippen LogP contribution in [0.2, 0.25) is 0 Å². The molecule has 0 saturated carbocycles. The van der Waals surface area contributed by atoms with Gasteiger partial charge in [-0.2, -0.15) is 0 Å². The lowest BCUT2D eigenvalue weighted by atomic mass is 9.95. The minimum Gasteiger partial charge on any atom is -0.466 e. The quantitative estimate of drug-likeness (QED) is 0.618. The first kappa shape index (κ1) is 22.4. The van der Waals surface area contributed by atoms with Gasteiger partial charge in [0.1, 0.15) is 5.60 Å². The maximum absolute atomic E-state index is 12.2. The van der Waals surface area contributed by atoms with E-state index in [1.165, 1.54) is 0 Å². The van der Waals surface area contributed by atoms with Gasteiger partial charge in [0.05, 0.1) is 19.1 Å². The summed E-state index contributed by atoms with van der Waals surface area (Å²) in [7, 11) is 0. The minimum atomic E-state index is -0.703. The van der Waals surface area contributed by atoms with Crippen LogP contribution in [0, 0.1) is 5.92 Å². The second-order valence-corrected chi connectivity index (χ2v) is 7.96. The van der Waals surface area contributed by atoms with Crippen molar-refractivity contribution in [3.8, 4) is 0 Å². The van der Waals surface area contributed by atoms with Gasteiger partial charge in [0.25, 0.3) is 0 Å². The fourth-order valence-corrected chi connectivity index (χ4v) is 2.69.